The van der Waals surface area contributed by atoms with Crippen molar-refractivity contribution in [3.05, 3.63) is 60.2 Å². The Kier molecular flexibility index (Phi) is 4.60. The fraction of sp³-hybridized carbons (Fsp3) is 0.188. The highest BCUT2D eigenvalue weighted by Gasteiger charge is 2.13. The molecule has 4 nitrogen and oxygen atoms in total. The Bertz CT molecular complexity index is 570. The number of carbonyl (C=O) groups is 1. The number of urea groups is 1. The number of rotatable bonds is 4. The first-order valence-corrected chi connectivity index (χ1v) is 6.46. The highest BCUT2D eigenvalue weighted by Crippen LogP contribution is 2.24. The van der Waals surface area contributed by atoms with E-state index in [1.165, 1.54) is 0 Å². The quantitative estimate of drug-likeness (QED) is 0.892. The molecule has 2 amide bonds. The largest absolute Gasteiger partial charge is 0.496 e. The molecular formula is C16H18N2O2. The van der Waals surface area contributed by atoms with E-state index in [9.17, 15) is 4.79 Å². The molecule has 0 aliphatic rings. The molecule has 20 heavy (non-hydrogen) atoms. The molecule has 0 aliphatic carbocycles. The van der Waals surface area contributed by atoms with E-state index >= 15 is 0 Å². The summed E-state index contributed by atoms with van der Waals surface area (Å²) in [4.78, 5) is 11.9. The molecule has 104 valence electrons. The molecule has 0 heterocycles. The van der Waals surface area contributed by atoms with Gasteiger partial charge in [0.15, 0.2) is 0 Å². The average molecular weight is 270 g/mol. The van der Waals surface area contributed by atoms with Crippen molar-refractivity contribution in [3.8, 4) is 5.75 Å². The number of carbonyl (C=O) groups excluding carboxylic acids is 1. The zero-order valence-corrected chi connectivity index (χ0v) is 11.6. The summed E-state index contributed by atoms with van der Waals surface area (Å²) < 4.78 is 5.29. The molecule has 1 atom stereocenters. The first-order chi connectivity index (χ1) is 9.70. The summed E-state index contributed by atoms with van der Waals surface area (Å²) in [5, 5.41) is 5.68. The predicted molar refractivity (Wildman–Crippen MR) is 80.0 cm³/mol. The third-order valence-electron chi connectivity index (χ3n) is 2.98. The molecule has 2 aromatic rings. The van der Waals surface area contributed by atoms with E-state index in [4.69, 9.17) is 4.74 Å². The highest BCUT2D eigenvalue weighted by molar-refractivity contribution is 5.89. The molecule has 4 heteroatoms. The minimum Gasteiger partial charge on any atom is -0.496 e. The lowest BCUT2D eigenvalue weighted by Gasteiger charge is -2.17. The maximum absolute atomic E-state index is 11.9. The number of hydrogen-bond donors (Lipinski definition) is 2. The molecule has 2 rings (SSSR count). The second kappa shape index (κ2) is 6.61. The lowest BCUT2D eigenvalue weighted by atomic mass is 10.1. The number of amides is 2. The normalized spacial score (nSPS) is 11.5. The van der Waals surface area contributed by atoms with Crippen LogP contribution in [0.5, 0.6) is 5.75 Å². The molecule has 0 bridgehead atoms. The van der Waals surface area contributed by atoms with Crippen molar-refractivity contribution in [1.82, 2.24) is 5.32 Å². The topological polar surface area (TPSA) is 50.4 Å². The summed E-state index contributed by atoms with van der Waals surface area (Å²) in [7, 11) is 1.62. The summed E-state index contributed by atoms with van der Waals surface area (Å²) in [5.74, 6) is 0.764. The van der Waals surface area contributed by atoms with Gasteiger partial charge in [-0.05, 0) is 25.1 Å². The van der Waals surface area contributed by atoms with Crippen molar-refractivity contribution < 1.29 is 9.53 Å². The average Bonchev–Trinajstić information content (AvgIpc) is 2.48. The van der Waals surface area contributed by atoms with E-state index in [0.717, 1.165) is 17.0 Å². The fourth-order valence-corrected chi connectivity index (χ4v) is 1.99. The zero-order valence-electron chi connectivity index (χ0n) is 11.6. The van der Waals surface area contributed by atoms with Gasteiger partial charge in [-0.2, -0.15) is 0 Å². The maximum Gasteiger partial charge on any atom is 0.319 e. The smallest absolute Gasteiger partial charge is 0.319 e. The van der Waals surface area contributed by atoms with Crippen molar-refractivity contribution in [2.24, 2.45) is 0 Å². The molecule has 0 spiro atoms. The van der Waals surface area contributed by atoms with E-state index in [1.807, 2.05) is 61.5 Å². The molecule has 0 saturated heterocycles. The highest BCUT2D eigenvalue weighted by atomic mass is 16.5. The maximum atomic E-state index is 11.9. The van der Waals surface area contributed by atoms with Crippen LogP contribution in [0.3, 0.4) is 0 Å². The Labute approximate surface area is 118 Å². The lowest BCUT2D eigenvalue weighted by molar-refractivity contribution is 0.249. The molecule has 0 fully saturated rings. The summed E-state index contributed by atoms with van der Waals surface area (Å²) in [6.07, 6.45) is 0. The van der Waals surface area contributed by atoms with Gasteiger partial charge < -0.3 is 15.4 Å². The second-order valence-corrected chi connectivity index (χ2v) is 4.43. The van der Waals surface area contributed by atoms with Gasteiger partial charge in [0.05, 0.1) is 13.2 Å². The van der Waals surface area contributed by atoms with Crippen molar-refractivity contribution in [2.45, 2.75) is 13.0 Å². The van der Waals surface area contributed by atoms with Crippen molar-refractivity contribution in [1.29, 1.82) is 0 Å². The third-order valence-corrected chi connectivity index (χ3v) is 2.98. The van der Waals surface area contributed by atoms with Crippen LogP contribution >= 0.6 is 0 Å². The van der Waals surface area contributed by atoms with E-state index < -0.39 is 0 Å². The Balaban J connectivity index is 2.00. The molecule has 0 unspecified atom stereocenters. The molecule has 2 N–H and O–H groups in total. The number of hydrogen-bond acceptors (Lipinski definition) is 2. The van der Waals surface area contributed by atoms with Gasteiger partial charge in [-0.15, -0.1) is 0 Å². The summed E-state index contributed by atoms with van der Waals surface area (Å²) >= 11 is 0. The van der Waals surface area contributed by atoms with Crippen molar-refractivity contribution >= 4 is 11.7 Å². The third kappa shape index (κ3) is 3.51. The summed E-state index contributed by atoms with van der Waals surface area (Å²) in [6.45, 7) is 1.92. The standard InChI is InChI=1S/C16H18N2O2/c1-12(14-10-6-7-11-15(14)20-2)17-16(19)18-13-8-4-3-5-9-13/h3-12H,1-2H3,(H2,17,18,19)/t12-/m0/s1. The van der Waals surface area contributed by atoms with Crippen LogP contribution in [0.4, 0.5) is 10.5 Å². The molecular weight excluding hydrogens is 252 g/mol. The molecule has 0 radical (unpaired) electrons. The molecule has 0 aliphatic heterocycles. The zero-order chi connectivity index (χ0) is 14.4. The van der Waals surface area contributed by atoms with Gasteiger partial charge in [0.2, 0.25) is 0 Å². The number of benzene rings is 2. The SMILES string of the molecule is COc1ccccc1[C@H](C)NC(=O)Nc1ccccc1. The van der Waals surface area contributed by atoms with Crippen molar-refractivity contribution in [3.63, 3.8) is 0 Å². The van der Waals surface area contributed by atoms with E-state index in [-0.39, 0.29) is 12.1 Å². The van der Waals surface area contributed by atoms with Crippen LogP contribution in [0, 0.1) is 0 Å². The molecule has 2 aromatic carbocycles. The Morgan fingerprint density at radius 2 is 1.70 bits per heavy atom. The monoisotopic (exact) mass is 270 g/mol. The van der Waals surface area contributed by atoms with Crippen LogP contribution in [0.15, 0.2) is 54.6 Å². The van der Waals surface area contributed by atoms with Gasteiger partial charge in [0.25, 0.3) is 0 Å². The minimum atomic E-state index is -0.241. The van der Waals surface area contributed by atoms with Crippen LogP contribution in [0.1, 0.15) is 18.5 Å². The van der Waals surface area contributed by atoms with Gasteiger partial charge in [0.1, 0.15) is 5.75 Å². The minimum absolute atomic E-state index is 0.144. The van der Waals surface area contributed by atoms with Gasteiger partial charge in [0, 0.05) is 11.3 Å². The van der Waals surface area contributed by atoms with E-state index in [1.54, 1.807) is 7.11 Å². The van der Waals surface area contributed by atoms with E-state index in [2.05, 4.69) is 10.6 Å². The van der Waals surface area contributed by atoms with Crippen LogP contribution in [0.2, 0.25) is 0 Å². The first kappa shape index (κ1) is 13.9. The second-order valence-electron chi connectivity index (χ2n) is 4.43. The fourth-order valence-electron chi connectivity index (χ4n) is 1.99. The Morgan fingerprint density at radius 1 is 1.05 bits per heavy atom. The van der Waals surface area contributed by atoms with Crippen LogP contribution in [-0.2, 0) is 0 Å². The van der Waals surface area contributed by atoms with Gasteiger partial charge in [-0.25, -0.2) is 4.79 Å². The van der Waals surface area contributed by atoms with Gasteiger partial charge >= 0.3 is 6.03 Å². The Morgan fingerprint density at radius 3 is 2.40 bits per heavy atom. The lowest BCUT2D eigenvalue weighted by Crippen LogP contribution is -2.31. The van der Waals surface area contributed by atoms with Gasteiger partial charge in [-0.1, -0.05) is 36.4 Å². The number of nitrogens with one attached hydrogen (secondary N) is 2. The van der Waals surface area contributed by atoms with Crippen molar-refractivity contribution in [2.75, 3.05) is 12.4 Å². The van der Waals surface area contributed by atoms with Crippen LogP contribution in [-0.4, -0.2) is 13.1 Å². The number of ether oxygens (including phenoxy) is 1. The van der Waals surface area contributed by atoms with E-state index in [0.29, 0.717) is 0 Å². The molecule has 0 aromatic heterocycles. The number of para-hydroxylation sites is 2. The van der Waals surface area contributed by atoms with Crippen LogP contribution in [0.25, 0.3) is 0 Å². The number of anilines is 1. The van der Waals surface area contributed by atoms with Crippen LogP contribution < -0.4 is 15.4 Å². The first-order valence-electron chi connectivity index (χ1n) is 6.46. The summed E-state index contributed by atoms with van der Waals surface area (Å²) in [5.41, 5.74) is 1.70. The van der Waals surface area contributed by atoms with Gasteiger partial charge in [-0.3, -0.25) is 0 Å². The summed E-state index contributed by atoms with van der Waals surface area (Å²) in [6, 6.07) is 16.6. The molecule has 0 saturated carbocycles. The Hall–Kier alpha value is -2.49. The number of methoxy groups -OCH3 is 1. The predicted octanol–water partition coefficient (Wildman–Crippen LogP) is 3.58.